The Morgan fingerprint density at radius 1 is 1.50 bits per heavy atom. The molecule has 2 rings (SSSR count). The van der Waals surface area contributed by atoms with Gasteiger partial charge in [-0.25, -0.2) is 0 Å². The molecular weight excluding hydrogens is 362 g/mol. The molecule has 0 spiro atoms. The molecule has 2 aromatic rings. The fourth-order valence-corrected chi connectivity index (χ4v) is 3.24. The zero-order valence-corrected chi connectivity index (χ0v) is 13.5. The van der Waals surface area contributed by atoms with Crippen LogP contribution in [-0.2, 0) is 19.9 Å². The summed E-state index contributed by atoms with van der Waals surface area (Å²) in [6, 6.07) is 1.77. The van der Waals surface area contributed by atoms with Crippen molar-refractivity contribution in [2.24, 2.45) is 12.8 Å². The molecule has 2 heterocycles. The number of hydrogen-bond acceptors (Lipinski definition) is 3. The van der Waals surface area contributed by atoms with Crippen LogP contribution in [0.2, 0.25) is 0 Å². The van der Waals surface area contributed by atoms with Crippen molar-refractivity contribution in [1.29, 1.82) is 0 Å². The third-order valence-electron chi connectivity index (χ3n) is 2.96. The smallest absolute Gasteiger partial charge is 0.173 e. The third kappa shape index (κ3) is 2.55. The average Bonchev–Trinajstić information content (AvgIpc) is 2.87. The minimum Gasteiger partial charge on any atom is -0.457 e. The summed E-state index contributed by atoms with van der Waals surface area (Å²) in [4.78, 5) is 0. The lowest BCUT2D eigenvalue weighted by molar-refractivity contribution is 0.529. The number of halogens is 2. The molecule has 1 unspecified atom stereocenters. The average molecular weight is 377 g/mol. The summed E-state index contributed by atoms with van der Waals surface area (Å²) in [7, 11) is 1.94. The molecule has 6 heteroatoms. The van der Waals surface area contributed by atoms with E-state index in [4.69, 9.17) is 10.2 Å². The van der Waals surface area contributed by atoms with E-state index in [9.17, 15) is 0 Å². The molecule has 0 amide bonds. The van der Waals surface area contributed by atoms with Gasteiger partial charge >= 0.3 is 0 Å². The lowest BCUT2D eigenvalue weighted by atomic mass is 10.1. The molecule has 0 aromatic carbocycles. The monoisotopic (exact) mass is 375 g/mol. The third-order valence-corrected chi connectivity index (χ3v) is 4.52. The van der Waals surface area contributed by atoms with Crippen LogP contribution in [0.5, 0.6) is 0 Å². The second-order valence-corrected chi connectivity index (χ2v) is 5.66. The highest BCUT2D eigenvalue weighted by atomic mass is 79.9. The Bertz CT molecular complexity index is 548. The Balaban J connectivity index is 2.24. The van der Waals surface area contributed by atoms with Crippen molar-refractivity contribution in [3.05, 3.63) is 38.4 Å². The lowest BCUT2D eigenvalue weighted by Gasteiger charge is -2.11. The summed E-state index contributed by atoms with van der Waals surface area (Å²) >= 11 is 6.95. The topological polar surface area (TPSA) is 57.0 Å². The first-order valence-corrected chi connectivity index (χ1v) is 7.31. The van der Waals surface area contributed by atoms with Gasteiger partial charge in [0.25, 0.3) is 0 Å². The number of hydrogen-bond donors (Lipinski definition) is 1. The molecule has 0 bridgehead atoms. The van der Waals surface area contributed by atoms with Crippen molar-refractivity contribution in [3.63, 3.8) is 0 Å². The maximum Gasteiger partial charge on any atom is 0.173 e. The molecule has 0 fully saturated rings. The molecule has 18 heavy (non-hydrogen) atoms. The Morgan fingerprint density at radius 3 is 2.72 bits per heavy atom. The number of nitrogens with zero attached hydrogens (tertiary/aromatic N) is 2. The van der Waals surface area contributed by atoms with Crippen molar-refractivity contribution >= 4 is 31.9 Å². The van der Waals surface area contributed by atoms with E-state index < -0.39 is 0 Å². The normalized spacial score (nSPS) is 12.9. The van der Waals surface area contributed by atoms with Crippen LogP contribution in [0.3, 0.4) is 0 Å². The molecule has 0 aliphatic carbocycles. The van der Waals surface area contributed by atoms with Gasteiger partial charge in [-0.05, 0) is 44.3 Å². The van der Waals surface area contributed by atoms with Crippen LogP contribution in [0.15, 0.2) is 25.9 Å². The van der Waals surface area contributed by atoms with Crippen LogP contribution in [0.1, 0.15) is 29.9 Å². The van der Waals surface area contributed by atoms with E-state index in [2.05, 4.69) is 43.9 Å². The highest BCUT2D eigenvalue weighted by Crippen LogP contribution is 2.29. The zero-order chi connectivity index (χ0) is 13.3. The molecule has 1 atom stereocenters. The van der Waals surface area contributed by atoms with Crippen LogP contribution in [-0.4, -0.2) is 9.78 Å². The first-order valence-electron chi connectivity index (χ1n) is 5.73. The highest BCUT2D eigenvalue weighted by molar-refractivity contribution is 9.10. The summed E-state index contributed by atoms with van der Waals surface area (Å²) in [5.74, 6) is 0. The van der Waals surface area contributed by atoms with E-state index in [1.807, 2.05) is 17.8 Å². The van der Waals surface area contributed by atoms with Gasteiger partial charge in [0.2, 0.25) is 0 Å². The molecular formula is C12H15Br2N3O. The number of rotatable bonds is 4. The van der Waals surface area contributed by atoms with Crippen LogP contribution in [0.25, 0.3) is 0 Å². The summed E-state index contributed by atoms with van der Waals surface area (Å²) in [5.41, 5.74) is 9.35. The second-order valence-electron chi connectivity index (χ2n) is 4.14. The zero-order valence-electron chi connectivity index (χ0n) is 10.3. The van der Waals surface area contributed by atoms with E-state index >= 15 is 0 Å². The van der Waals surface area contributed by atoms with Crippen LogP contribution < -0.4 is 5.73 Å². The standard InChI is InChI=1S/C12H15Br2N3O/c1-3-9-11(13)10(17(2)16-9)6-8(15)7-4-5-18-12(7)14/h4-5,8H,3,6,15H2,1-2H3. The molecule has 0 saturated carbocycles. The van der Waals surface area contributed by atoms with Crippen molar-refractivity contribution in [2.75, 3.05) is 0 Å². The molecule has 2 aromatic heterocycles. The molecule has 0 radical (unpaired) electrons. The van der Waals surface area contributed by atoms with Gasteiger partial charge in [-0.15, -0.1) is 0 Å². The number of furan rings is 1. The van der Waals surface area contributed by atoms with Crippen LogP contribution in [0.4, 0.5) is 0 Å². The van der Waals surface area contributed by atoms with Gasteiger partial charge in [-0.1, -0.05) is 6.92 Å². The first kappa shape index (κ1) is 13.8. The van der Waals surface area contributed by atoms with E-state index in [0.29, 0.717) is 11.1 Å². The van der Waals surface area contributed by atoms with Crippen LogP contribution >= 0.6 is 31.9 Å². The van der Waals surface area contributed by atoms with Gasteiger partial charge in [0, 0.05) is 25.1 Å². The van der Waals surface area contributed by atoms with Gasteiger partial charge < -0.3 is 10.2 Å². The van der Waals surface area contributed by atoms with Crippen molar-refractivity contribution in [3.8, 4) is 0 Å². The highest BCUT2D eigenvalue weighted by Gasteiger charge is 2.19. The van der Waals surface area contributed by atoms with E-state index in [-0.39, 0.29) is 6.04 Å². The fraction of sp³-hybridized carbons (Fsp3) is 0.417. The Morgan fingerprint density at radius 2 is 2.22 bits per heavy atom. The van der Waals surface area contributed by atoms with Gasteiger partial charge in [0.1, 0.15) is 0 Å². The maximum absolute atomic E-state index is 6.21. The fourth-order valence-electron chi connectivity index (χ4n) is 1.93. The second kappa shape index (κ2) is 5.59. The first-order chi connectivity index (χ1) is 8.54. The Hall–Kier alpha value is -0.590. The summed E-state index contributed by atoms with van der Waals surface area (Å²) < 4.78 is 8.85. The van der Waals surface area contributed by atoms with Gasteiger partial charge in [0.05, 0.1) is 22.1 Å². The number of aryl methyl sites for hydroxylation is 2. The number of nitrogens with two attached hydrogens (primary N) is 1. The van der Waals surface area contributed by atoms with Gasteiger partial charge in [0.15, 0.2) is 4.67 Å². The largest absolute Gasteiger partial charge is 0.457 e. The van der Waals surface area contributed by atoms with E-state index in [1.54, 1.807) is 6.26 Å². The molecule has 0 saturated heterocycles. The Labute approximate surface area is 123 Å². The maximum atomic E-state index is 6.21. The Kier molecular flexibility index (Phi) is 4.29. The van der Waals surface area contributed by atoms with Crippen molar-refractivity contribution in [2.45, 2.75) is 25.8 Å². The number of aromatic nitrogens is 2. The molecule has 98 valence electrons. The van der Waals surface area contributed by atoms with E-state index in [0.717, 1.165) is 27.8 Å². The van der Waals surface area contributed by atoms with Crippen molar-refractivity contribution in [1.82, 2.24) is 9.78 Å². The van der Waals surface area contributed by atoms with Crippen LogP contribution in [0, 0.1) is 0 Å². The predicted molar refractivity (Wildman–Crippen MR) is 77.3 cm³/mol. The van der Waals surface area contributed by atoms with Gasteiger partial charge in [-0.3, -0.25) is 4.68 Å². The summed E-state index contributed by atoms with van der Waals surface area (Å²) in [6.45, 7) is 2.09. The quantitative estimate of drug-likeness (QED) is 0.890. The summed E-state index contributed by atoms with van der Waals surface area (Å²) in [6.07, 6.45) is 3.25. The molecule has 4 nitrogen and oxygen atoms in total. The molecule has 0 aliphatic rings. The molecule has 2 N–H and O–H groups in total. The van der Waals surface area contributed by atoms with Gasteiger partial charge in [-0.2, -0.15) is 5.10 Å². The minimum atomic E-state index is -0.116. The molecule has 0 aliphatic heterocycles. The lowest BCUT2D eigenvalue weighted by Crippen LogP contribution is -2.15. The SMILES string of the molecule is CCc1nn(C)c(CC(N)c2ccoc2Br)c1Br. The van der Waals surface area contributed by atoms with Crippen molar-refractivity contribution < 1.29 is 4.42 Å². The van der Waals surface area contributed by atoms with E-state index in [1.165, 1.54) is 0 Å². The predicted octanol–water partition coefficient (Wildman–Crippen LogP) is 3.34. The minimum absolute atomic E-state index is 0.116. The summed E-state index contributed by atoms with van der Waals surface area (Å²) in [5, 5.41) is 4.46.